The van der Waals surface area contributed by atoms with Gasteiger partial charge in [0, 0.05) is 37.4 Å². The van der Waals surface area contributed by atoms with Gasteiger partial charge in [0.25, 0.3) is 0 Å². The summed E-state index contributed by atoms with van der Waals surface area (Å²) in [6.07, 6.45) is 0. The molecule has 2 aliphatic rings. The summed E-state index contributed by atoms with van der Waals surface area (Å²) in [5.74, 6) is 3.56. The standard InChI is InChI=1S/C13H20N4/c1-8-4-13(16-10(3)15-8)17-7-11-5-14-6-12(11)9(17)2/h4,9,11-12,14H,5-7H2,1-3H3. The van der Waals surface area contributed by atoms with Crippen LogP contribution in [0.1, 0.15) is 18.4 Å². The second-order valence-electron chi connectivity index (χ2n) is 5.39. The largest absolute Gasteiger partial charge is 0.353 e. The summed E-state index contributed by atoms with van der Waals surface area (Å²) in [6.45, 7) is 9.79. The van der Waals surface area contributed by atoms with E-state index >= 15 is 0 Å². The van der Waals surface area contributed by atoms with Crippen molar-refractivity contribution in [3.05, 3.63) is 17.6 Å². The number of rotatable bonds is 1. The molecule has 4 nitrogen and oxygen atoms in total. The van der Waals surface area contributed by atoms with Gasteiger partial charge in [0.05, 0.1) is 0 Å². The predicted octanol–water partition coefficient (Wildman–Crippen LogP) is 1.14. The molecule has 0 aromatic carbocycles. The first-order chi connectivity index (χ1) is 8.15. The fraction of sp³-hybridized carbons (Fsp3) is 0.692. The van der Waals surface area contributed by atoms with Crippen molar-refractivity contribution < 1.29 is 0 Å². The van der Waals surface area contributed by atoms with Crippen molar-refractivity contribution in [3.63, 3.8) is 0 Å². The Morgan fingerprint density at radius 2 is 2.12 bits per heavy atom. The van der Waals surface area contributed by atoms with Gasteiger partial charge in [-0.05, 0) is 32.6 Å². The zero-order valence-corrected chi connectivity index (χ0v) is 10.8. The highest BCUT2D eigenvalue weighted by atomic mass is 15.3. The average Bonchev–Trinajstić information content (AvgIpc) is 2.80. The minimum Gasteiger partial charge on any atom is -0.353 e. The molecule has 92 valence electrons. The first-order valence-corrected chi connectivity index (χ1v) is 6.45. The number of aryl methyl sites for hydroxylation is 2. The molecule has 4 heteroatoms. The van der Waals surface area contributed by atoms with Crippen LogP contribution in [-0.2, 0) is 0 Å². The van der Waals surface area contributed by atoms with Crippen LogP contribution in [0.5, 0.6) is 0 Å². The summed E-state index contributed by atoms with van der Waals surface area (Å²) >= 11 is 0. The lowest BCUT2D eigenvalue weighted by atomic mass is 9.95. The number of nitrogens with zero attached hydrogens (tertiary/aromatic N) is 3. The Bertz CT molecular complexity index is 411. The summed E-state index contributed by atoms with van der Waals surface area (Å²) in [6, 6.07) is 2.70. The topological polar surface area (TPSA) is 41.0 Å². The Labute approximate surface area is 102 Å². The molecule has 17 heavy (non-hydrogen) atoms. The lowest BCUT2D eigenvalue weighted by Gasteiger charge is -2.25. The Morgan fingerprint density at radius 1 is 1.29 bits per heavy atom. The van der Waals surface area contributed by atoms with Crippen LogP contribution in [0.3, 0.4) is 0 Å². The smallest absolute Gasteiger partial charge is 0.132 e. The van der Waals surface area contributed by atoms with Crippen molar-refractivity contribution in [1.29, 1.82) is 0 Å². The molecule has 1 N–H and O–H groups in total. The fourth-order valence-corrected chi connectivity index (χ4v) is 3.31. The van der Waals surface area contributed by atoms with Crippen LogP contribution < -0.4 is 10.2 Å². The molecule has 3 heterocycles. The van der Waals surface area contributed by atoms with E-state index in [0.29, 0.717) is 6.04 Å². The predicted molar refractivity (Wildman–Crippen MR) is 68.2 cm³/mol. The van der Waals surface area contributed by atoms with Crippen molar-refractivity contribution in [3.8, 4) is 0 Å². The molecule has 0 radical (unpaired) electrons. The lowest BCUT2D eigenvalue weighted by Crippen LogP contribution is -2.34. The normalized spacial score (nSPS) is 31.9. The minimum atomic E-state index is 0.587. The molecule has 2 fully saturated rings. The number of nitrogens with one attached hydrogen (secondary N) is 1. The zero-order valence-electron chi connectivity index (χ0n) is 10.8. The summed E-state index contributed by atoms with van der Waals surface area (Å²) in [5, 5.41) is 3.49. The van der Waals surface area contributed by atoms with Gasteiger partial charge in [-0.1, -0.05) is 0 Å². The Kier molecular flexibility index (Phi) is 2.54. The van der Waals surface area contributed by atoms with Gasteiger partial charge in [-0.25, -0.2) is 9.97 Å². The number of anilines is 1. The molecule has 0 aliphatic carbocycles. The Balaban J connectivity index is 1.89. The number of fused-ring (bicyclic) bond motifs is 1. The number of hydrogen-bond acceptors (Lipinski definition) is 4. The quantitative estimate of drug-likeness (QED) is 0.788. The third-order valence-electron chi connectivity index (χ3n) is 4.18. The summed E-state index contributed by atoms with van der Waals surface area (Å²) in [7, 11) is 0. The molecule has 0 saturated carbocycles. The van der Waals surface area contributed by atoms with Crippen LogP contribution in [0, 0.1) is 25.7 Å². The van der Waals surface area contributed by atoms with Crippen LogP contribution in [0.15, 0.2) is 6.07 Å². The highest BCUT2D eigenvalue weighted by Gasteiger charge is 2.42. The van der Waals surface area contributed by atoms with Gasteiger partial charge in [0.2, 0.25) is 0 Å². The van der Waals surface area contributed by atoms with E-state index in [1.54, 1.807) is 0 Å². The van der Waals surface area contributed by atoms with E-state index in [1.165, 1.54) is 0 Å². The first kappa shape index (κ1) is 11.0. The summed E-state index contributed by atoms with van der Waals surface area (Å²) in [4.78, 5) is 11.4. The molecule has 3 unspecified atom stereocenters. The maximum absolute atomic E-state index is 4.59. The third kappa shape index (κ3) is 1.80. The second-order valence-corrected chi connectivity index (χ2v) is 5.39. The van der Waals surface area contributed by atoms with E-state index in [9.17, 15) is 0 Å². The molecule has 0 bridgehead atoms. The van der Waals surface area contributed by atoms with Crippen LogP contribution in [-0.4, -0.2) is 35.6 Å². The van der Waals surface area contributed by atoms with E-state index in [1.807, 2.05) is 13.8 Å². The fourth-order valence-electron chi connectivity index (χ4n) is 3.31. The van der Waals surface area contributed by atoms with Gasteiger partial charge in [0.1, 0.15) is 11.6 Å². The lowest BCUT2D eigenvalue weighted by molar-refractivity contribution is 0.471. The van der Waals surface area contributed by atoms with Gasteiger partial charge in [-0.15, -0.1) is 0 Å². The van der Waals surface area contributed by atoms with Crippen molar-refractivity contribution in [2.45, 2.75) is 26.8 Å². The van der Waals surface area contributed by atoms with Gasteiger partial charge in [-0.3, -0.25) is 0 Å². The van der Waals surface area contributed by atoms with E-state index < -0.39 is 0 Å². The minimum absolute atomic E-state index is 0.587. The van der Waals surface area contributed by atoms with E-state index in [2.05, 4.69) is 33.2 Å². The second kappa shape index (κ2) is 3.95. The molecule has 0 spiro atoms. The maximum Gasteiger partial charge on any atom is 0.132 e. The van der Waals surface area contributed by atoms with Crippen molar-refractivity contribution in [2.75, 3.05) is 24.5 Å². The Hall–Kier alpha value is -1.16. The van der Waals surface area contributed by atoms with Gasteiger partial charge < -0.3 is 10.2 Å². The average molecular weight is 232 g/mol. The summed E-state index contributed by atoms with van der Waals surface area (Å²) < 4.78 is 0. The van der Waals surface area contributed by atoms with E-state index in [0.717, 1.165) is 48.8 Å². The van der Waals surface area contributed by atoms with Crippen LogP contribution in [0.4, 0.5) is 5.82 Å². The molecule has 3 atom stereocenters. The van der Waals surface area contributed by atoms with Gasteiger partial charge in [0.15, 0.2) is 0 Å². The van der Waals surface area contributed by atoms with Gasteiger partial charge in [-0.2, -0.15) is 0 Å². The number of hydrogen-bond donors (Lipinski definition) is 1. The molecule has 1 aromatic rings. The maximum atomic E-state index is 4.59. The van der Waals surface area contributed by atoms with Crippen LogP contribution in [0.2, 0.25) is 0 Å². The summed E-state index contributed by atoms with van der Waals surface area (Å²) in [5.41, 5.74) is 1.06. The molecule has 3 rings (SSSR count). The third-order valence-corrected chi connectivity index (χ3v) is 4.18. The molecular weight excluding hydrogens is 212 g/mol. The van der Waals surface area contributed by atoms with Crippen LogP contribution >= 0.6 is 0 Å². The van der Waals surface area contributed by atoms with Crippen molar-refractivity contribution in [1.82, 2.24) is 15.3 Å². The Morgan fingerprint density at radius 3 is 2.82 bits per heavy atom. The van der Waals surface area contributed by atoms with Crippen LogP contribution in [0.25, 0.3) is 0 Å². The first-order valence-electron chi connectivity index (χ1n) is 6.45. The van der Waals surface area contributed by atoms with Crippen molar-refractivity contribution >= 4 is 5.82 Å². The molecule has 0 amide bonds. The number of aromatic nitrogens is 2. The highest BCUT2D eigenvalue weighted by Crippen LogP contribution is 2.34. The van der Waals surface area contributed by atoms with Crippen molar-refractivity contribution in [2.24, 2.45) is 11.8 Å². The SMILES string of the molecule is Cc1cc(N2CC3CNCC3C2C)nc(C)n1. The highest BCUT2D eigenvalue weighted by molar-refractivity contribution is 5.43. The molecular formula is C13H20N4. The van der Waals surface area contributed by atoms with Gasteiger partial charge >= 0.3 is 0 Å². The molecule has 1 aromatic heterocycles. The van der Waals surface area contributed by atoms with E-state index in [4.69, 9.17) is 0 Å². The molecule has 2 saturated heterocycles. The molecule has 2 aliphatic heterocycles. The zero-order chi connectivity index (χ0) is 12.0. The monoisotopic (exact) mass is 232 g/mol. The van der Waals surface area contributed by atoms with E-state index in [-0.39, 0.29) is 0 Å².